The van der Waals surface area contributed by atoms with Crippen molar-refractivity contribution in [2.75, 3.05) is 7.05 Å². The van der Waals surface area contributed by atoms with Crippen molar-refractivity contribution in [1.82, 2.24) is 9.88 Å². The van der Waals surface area contributed by atoms with Gasteiger partial charge in [-0.15, -0.1) is 11.3 Å². The molecule has 0 N–H and O–H groups in total. The Hall–Kier alpha value is -1.62. The first-order valence-electron chi connectivity index (χ1n) is 7.32. The summed E-state index contributed by atoms with van der Waals surface area (Å²) in [5, 5.41) is 1.99. The van der Waals surface area contributed by atoms with Gasteiger partial charge in [-0.1, -0.05) is 6.07 Å². The molecule has 4 nitrogen and oxygen atoms in total. The normalized spacial score (nSPS) is 16.0. The SMILES string of the molecule is Cc1oc(-c2cccs2)nc1CC(=O)N(C)C(C)C1CC1. The number of thiophene rings is 1. The highest BCUT2D eigenvalue weighted by Gasteiger charge is 2.32. The van der Waals surface area contributed by atoms with Gasteiger partial charge < -0.3 is 9.32 Å². The quantitative estimate of drug-likeness (QED) is 0.849. The standard InChI is InChI=1S/C16H20N2O2S/c1-10(12-6-7-12)18(3)15(19)9-13-11(2)20-16(17-13)14-5-4-8-21-14/h4-5,8,10,12H,6-7,9H2,1-3H3. The number of aryl methyl sites for hydroxylation is 1. The molecule has 0 aliphatic heterocycles. The summed E-state index contributed by atoms with van der Waals surface area (Å²) in [5.74, 6) is 2.14. The van der Waals surface area contributed by atoms with Gasteiger partial charge in [-0.3, -0.25) is 4.79 Å². The van der Waals surface area contributed by atoms with Crippen LogP contribution in [0.1, 0.15) is 31.2 Å². The van der Waals surface area contributed by atoms with Gasteiger partial charge in [0.2, 0.25) is 11.8 Å². The highest BCUT2D eigenvalue weighted by Crippen LogP contribution is 2.35. The van der Waals surface area contributed by atoms with E-state index in [4.69, 9.17) is 4.42 Å². The number of hydrogen-bond acceptors (Lipinski definition) is 4. The van der Waals surface area contributed by atoms with Gasteiger partial charge in [0, 0.05) is 13.1 Å². The lowest BCUT2D eigenvalue weighted by atomic mass is 10.1. The molecule has 0 radical (unpaired) electrons. The molecule has 1 unspecified atom stereocenters. The smallest absolute Gasteiger partial charge is 0.236 e. The molecule has 1 aliphatic rings. The van der Waals surface area contributed by atoms with Gasteiger partial charge in [-0.05, 0) is 44.1 Å². The summed E-state index contributed by atoms with van der Waals surface area (Å²) in [6.45, 7) is 4.00. The minimum Gasteiger partial charge on any atom is -0.440 e. The number of carbonyl (C=O) groups excluding carboxylic acids is 1. The van der Waals surface area contributed by atoms with Crippen LogP contribution >= 0.6 is 11.3 Å². The van der Waals surface area contributed by atoms with Crippen molar-refractivity contribution in [3.8, 4) is 10.8 Å². The maximum Gasteiger partial charge on any atom is 0.236 e. The lowest BCUT2D eigenvalue weighted by Gasteiger charge is -2.24. The van der Waals surface area contributed by atoms with Gasteiger partial charge in [0.15, 0.2) is 0 Å². The minimum absolute atomic E-state index is 0.114. The molecule has 2 aromatic heterocycles. The highest BCUT2D eigenvalue weighted by molar-refractivity contribution is 7.13. The summed E-state index contributed by atoms with van der Waals surface area (Å²) in [5.41, 5.74) is 0.748. The molecule has 0 aromatic carbocycles. The summed E-state index contributed by atoms with van der Waals surface area (Å²) in [7, 11) is 1.89. The third kappa shape index (κ3) is 3.02. The molecule has 1 aliphatic carbocycles. The predicted molar refractivity (Wildman–Crippen MR) is 83.2 cm³/mol. The van der Waals surface area contributed by atoms with Crippen molar-refractivity contribution in [3.63, 3.8) is 0 Å². The Bertz CT molecular complexity index is 629. The summed E-state index contributed by atoms with van der Waals surface area (Å²) in [6, 6.07) is 4.26. The number of hydrogen-bond donors (Lipinski definition) is 0. The second kappa shape index (κ2) is 5.64. The van der Waals surface area contributed by atoms with Crippen LogP contribution in [-0.2, 0) is 11.2 Å². The number of amides is 1. The molecule has 5 heteroatoms. The lowest BCUT2D eigenvalue weighted by Crippen LogP contribution is -2.37. The maximum atomic E-state index is 12.4. The zero-order valence-corrected chi connectivity index (χ0v) is 13.4. The molecule has 1 atom stereocenters. The van der Waals surface area contributed by atoms with Crippen LogP contribution in [0.25, 0.3) is 10.8 Å². The van der Waals surface area contributed by atoms with E-state index >= 15 is 0 Å². The molecular weight excluding hydrogens is 284 g/mol. The fraction of sp³-hybridized carbons (Fsp3) is 0.500. The number of likely N-dealkylation sites (N-methyl/N-ethyl adjacent to an activating group) is 1. The molecule has 0 bridgehead atoms. The van der Waals surface area contributed by atoms with Gasteiger partial charge in [0.05, 0.1) is 17.0 Å². The minimum atomic E-state index is 0.114. The van der Waals surface area contributed by atoms with E-state index in [1.807, 2.05) is 36.4 Å². The number of rotatable bonds is 5. The molecule has 1 amide bonds. The molecule has 1 fully saturated rings. The molecule has 3 rings (SSSR count). The lowest BCUT2D eigenvalue weighted by molar-refractivity contribution is -0.131. The third-order valence-corrected chi connectivity index (χ3v) is 5.11. The topological polar surface area (TPSA) is 46.3 Å². The first kappa shape index (κ1) is 14.3. The Morgan fingerprint density at radius 1 is 1.57 bits per heavy atom. The molecule has 0 saturated heterocycles. The number of carbonyl (C=O) groups is 1. The van der Waals surface area contributed by atoms with Gasteiger partial charge in [-0.25, -0.2) is 4.98 Å². The monoisotopic (exact) mass is 304 g/mol. The van der Waals surface area contributed by atoms with E-state index in [1.165, 1.54) is 12.8 Å². The Balaban J connectivity index is 1.71. The van der Waals surface area contributed by atoms with Crippen molar-refractivity contribution in [1.29, 1.82) is 0 Å². The molecule has 2 aromatic rings. The number of aromatic nitrogens is 1. The van der Waals surface area contributed by atoms with Crippen molar-refractivity contribution < 1.29 is 9.21 Å². The van der Waals surface area contributed by atoms with Crippen LogP contribution in [0.5, 0.6) is 0 Å². The van der Waals surface area contributed by atoms with Crippen molar-refractivity contribution in [2.45, 2.75) is 39.2 Å². The van der Waals surface area contributed by atoms with E-state index in [0.29, 0.717) is 24.3 Å². The van der Waals surface area contributed by atoms with Gasteiger partial charge >= 0.3 is 0 Å². The van der Waals surface area contributed by atoms with Gasteiger partial charge in [-0.2, -0.15) is 0 Å². The van der Waals surface area contributed by atoms with Crippen LogP contribution in [0.4, 0.5) is 0 Å². The Morgan fingerprint density at radius 3 is 2.95 bits per heavy atom. The summed E-state index contributed by atoms with van der Waals surface area (Å²) in [4.78, 5) is 19.7. The molecule has 112 valence electrons. The Kier molecular flexibility index (Phi) is 3.85. The van der Waals surface area contributed by atoms with Crippen LogP contribution < -0.4 is 0 Å². The van der Waals surface area contributed by atoms with Gasteiger partial charge in [0.25, 0.3) is 0 Å². The van der Waals surface area contributed by atoms with Gasteiger partial charge in [0.1, 0.15) is 5.76 Å². The van der Waals surface area contributed by atoms with Crippen molar-refractivity contribution in [2.24, 2.45) is 5.92 Å². The van der Waals surface area contributed by atoms with E-state index in [0.717, 1.165) is 16.3 Å². The first-order chi connectivity index (χ1) is 10.1. The molecule has 2 heterocycles. The summed E-state index contributed by atoms with van der Waals surface area (Å²) < 4.78 is 5.69. The molecular formula is C16H20N2O2S. The zero-order valence-electron chi connectivity index (χ0n) is 12.6. The average molecular weight is 304 g/mol. The first-order valence-corrected chi connectivity index (χ1v) is 8.20. The second-order valence-electron chi connectivity index (χ2n) is 5.76. The van der Waals surface area contributed by atoms with Crippen LogP contribution in [0.15, 0.2) is 21.9 Å². The second-order valence-corrected chi connectivity index (χ2v) is 6.71. The van der Waals surface area contributed by atoms with E-state index in [9.17, 15) is 4.79 Å². The van der Waals surface area contributed by atoms with E-state index in [1.54, 1.807) is 11.3 Å². The molecule has 0 spiro atoms. The largest absolute Gasteiger partial charge is 0.440 e. The van der Waals surface area contributed by atoms with E-state index < -0.39 is 0 Å². The summed E-state index contributed by atoms with van der Waals surface area (Å²) in [6.07, 6.45) is 2.79. The fourth-order valence-corrected chi connectivity index (χ4v) is 3.14. The van der Waals surface area contributed by atoms with E-state index in [2.05, 4.69) is 11.9 Å². The van der Waals surface area contributed by atoms with Crippen LogP contribution in [0.3, 0.4) is 0 Å². The number of oxazole rings is 1. The fourth-order valence-electron chi connectivity index (χ4n) is 2.49. The van der Waals surface area contributed by atoms with Crippen LogP contribution in [0.2, 0.25) is 0 Å². The predicted octanol–water partition coefficient (Wildman–Crippen LogP) is 3.51. The van der Waals surface area contributed by atoms with Crippen LogP contribution in [-0.4, -0.2) is 28.9 Å². The average Bonchev–Trinajstić information content (AvgIpc) is 3.05. The summed E-state index contributed by atoms with van der Waals surface area (Å²) >= 11 is 1.59. The molecule has 21 heavy (non-hydrogen) atoms. The van der Waals surface area contributed by atoms with Crippen LogP contribution in [0, 0.1) is 12.8 Å². The highest BCUT2D eigenvalue weighted by atomic mass is 32.1. The Labute approximate surface area is 128 Å². The number of nitrogens with zero attached hydrogens (tertiary/aromatic N) is 2. The zero-order chi connectivity index (χ0) is 15.0. The molecule has 1 saturated carbocycles. The Morgan fingerprint density at radius 2 is 2.33 bits per heavy atom. The van der Waals surface area contributed by atoms with E-state index in [-0.39, 0.29) is 5.91 Å². The maximum absolute atomic E-state index is 12.4. The van der Waals surface area contributed by atoms with Crippen molar-refractivity contribution >= 4 is 17.2 Å². The third-order valence-electron chi connectivity index (χ3n) is 4.25. The van der Waals surface area contributed by atoms with Crippen molar-refractivity contribution in [3.05, 3.63) is 29.0 Å².